The third-order valence-electron chi connectivity index (χ3n) is 4.06. The van der Waals surface area contributed by atoms with E-state index in [0.717, 1.165) is 25.6 Å². The minimum Gasteiger partial charge on any atom is -0.384 e. The van der Waals surface area contributed by atoms with Crippen LogP contribution in [0.4, 0.5) is 0 Å². The highest BCUT2D eigenvalue weighted by Crippen LogP contribution is 2.22. The van der Waals surface area contributed by atoms with Crippen LogP contribution in [0.2, 0.25) is 0 Å². The third-order valence-corrected chi connectivity index (χ3v) is 4.06. The van der Waals surface area contributed by atoms with Gasteiger partial charge in [0, 0.05) is 19.8 Å². The molecule has 0 heterocycles. The summed E-state index contributed by atoms with van der Waals surface area (Å²) >= 11 is 0. The van der Waals surface area contributed by atoms with Crippen molar-refractivity contribution in [3.05, 3.63) is 35.4 Å². The normalized spacial score (nSPS) is 18.3. The van der Waals surface area contributed by atoms with Crippen LogP contribution >= 0.6 is 0 Å². The first-order valence-corrected chi connectivity index (χ1v) is 7.47. The van der Waals surface area contributed by atoms with Crippen LogP contribution in [0.1, 0.15) is 30.9 Å². The third kappa shape index (κ3) is 4.96. The van der Waals surface area contributed by atoms with E-state index in [1.54, 1.807) is 7.11 Å². The molecule has 0 bridgehead atoms. The molecule has 0 amide bonds. The first-order valence-electron chi connectivity index (χ1n) is 7.47. The molecule has 1 aromatic rings. The molecule has 1 aromatic carbocycles. The van der Waals surface area contributed by atoms with Gasteiger partial charge in [-0.15, -0.1) is 0 Å². The van der Waals surface area contributed by atoms with E-state index in [1.165, 1.54) is 24.0 Å². The van der Waals surface area contributed by atoms with Crippen LogP contribution in [-0.2, 0) is 11.2 Å². The predicted octanol–water partition coefficient (Wildman–Crippen LogP) is 3.19. The summed E-state index contributed by atoms with van der Waals surface area (Å²) in [5, 5.41) is 3.68. The van der Waals surface area contributed by atoms with E-state index in [2.05, 4.69) is 43.4 Å². The van der Waals surface area contributed by atoms with Gasteiger partial charge in [-0.25, -0.2) is 0 Å². The lowest BCUT2D eigenvalue weighted by Crippen LogP contribution is -2.31. The van der Waals surface area contributed by atoms with Crippen LogP contribution in [0, 0.1) is 18.8 Å². The van der Waals surface area contributed by atoms with E-state index in [0.29, 0.717) is 11.8 Å². The van der Waals surface area contributed by atoms with Crippen LogP contribution < -0.4 is 5.32 Å². The highest BCUT2D eigenvalue weighted by molar-refractivity contribution is 5.22. The quantitative estimate of drug-likeness (QED) is 0.776. The molecule has 1 N–H and O–H groups in total. The fourth-order valence-electron chi connectivity index (χ4n) is 2.62. The average Bonchev–Trinajstić information content (AvgIpc) is 3.18. The molecule has 0 radical (unpaired) electrons. The average molecular weight is 261 g/mol. The second-order valence-corrected chi connectivity index (χ2v) is 6.07. The van der Waals surface area contributed by atoms with Crippen LogP contribution in [-0.4, -0.2) is 26.3 Å². The van der Waals surface area contributed by atoms with Gasteiger partial charge in [-0.3, -0.25) is 0 Å². The van der Waals surface area contributed by atoms with Crippen molar-refractivity contribution >= 4 is 0 Å². The van der Waals surface area contributed by atoms with Crippen molar-refractivity contribution in [3.63, 3.8) is 0 Å². The van der Waals surface area contributed by atoms with Gasteiger partial charge in [0.05, 0.1) is 0 Å². The molecule has 1 aliphatic carbocycles. The van der Waals surface area contributed by atoms with Gasteiger partial charge in [-0.1, -0.05) is 36.8 Å². The van der Waals surface area contributed by atoms with Gasteiger partial charge in [0.15, 0.2) is 0 Å². The molecule has 2 nitrogen and oxygen atoms in total. The first kappa shape index (κ1) is 14.5. The molecule has 2 rings (SSSR count). The lowest BCUT2D eigenvalue weighted by Gasteiger charge is -2.24. The Balaban J connectivity index is 1.94. The minimum atomic E-state index is 0.594. The number of rotatable bonds is 8. The summed E-state index contributed by atoms with van der Waals surface area (Å²) in [7, 11) is 1.80. The summed E-state index contributed by atoms with van der Waals surface area (Å²) in [5.41, 5.74) is 2.80. The number of aryl methyl sites for hydroxylation is 1. The lowest BCUT2D eigenvalue weighted by atomic mass is 9.88. The number of benzene rings is 1. The molecule has 106 valence electrons. The van der Waals surface area contributed by atoms with Crippen molar-refractivity contribution in [2.75, 3.05) is 20.3 Å². The Morgan fingerprint density at radius 3 is 2.79 bits per heavy atom. The largest absolute Gasteiger partial charge is 0.384 e. The maximum absolute atomic E-state index is 5.34. The smallest absolute Gasteiger partial charge is 0.0491 e. The molecular formula is C17H27NO. The Morgan fingerprint density at radius 1 is 1.37 bits per heavy atom. The molecule has 0 saturated heterocycles. The molecule has 0 aromatic heterocycles. The highest BCUT2D eigenvalue weighted by atomic mass is 16.5. The van der Waals surface area contributed by atoms with E-state index in [4.69, 9.17) is 4.74 Å². The van der Waals surface area contributed by atoms with Crippen LogP contribution in [0.25, 0.3) is 0 Å². The maximum atomic E-state index is 5.34. The summed E-state index contributed by atoms with van der Waals surface area (Å²) in [6, 6.07) is 9.67. The molecule has 2 unspecified atom stereocenters. The van der Waals surface area contributed by atoms with Gasteiger partial charge >= 0.3 is 0 Å². The summed E-state index contributed by atoms with van der Waals surface area (Å²) in [6.45, 7) is 6.43. The summed E-state index contributed by atoms with van der Waals surface area (Å²) < 4.78 is 5.34. The summed E-state index contributed by atoms with van der Waals surface area (Å²) in [6.07, 6.45) is 3.86. The zero-order valence-electron chi connectivity index (χ0n) is 12.5. The Labute approximate surface area is 117 Å². The van der Waals surface area contributed by atoms with Crippen LogP contribution in [0.3, 0.4) is 0 Å². The van der Waals surface area contributed by atoms with Gasteiger partial charge in [0.1, 0.15) is 0 Å². The van der Waals surface area contributed by atoms with E-state index in [1.807, 2.05) is 0 Å². The van der Waals surface area contributed by atoms with Crippen molar-refractivity contribution in [2.45, 2.75) is 39.2 Å². The Hall–Kier alpha value is -0.860. The standard InChI is InChI=1S/C17H27NO/c1-13-5-4-6-15(9-13)10-16(14(2)12-19-3)11-18-17-7-8-17/h4-6,9,14,16-18H,7-8,10-12H2,1-3H3. The van der Waals surface area contributed by atoms with E-state index in [-0.39, 0.29) is 0 Å². The van der Waals surface area contributed by atoms with Gasteiger partial charge in [0.25, 0.3) is 0 Å². The topological polar surface area (TPSA) is 21.3 Å². The molecule has 1 fully saturated rings. The molecule has 2 heteroatoms. The Kier molecular flexibility index (Phi) is 5.41. The number of methoxy groups -OCH3 is 1. The lowest BCUT2D eigenvalue weighted by molar-refractivity contribution is 0.128. The van der Waals surface area contributed by atoms with Crippen LogP contribution in [0.15, 0.2) is 24.3 Å². The van der Waals surface area contributed by atoms with Crippen molar-refractivity contribution in [2.24, 2.45) is 11.8 Å². The molecule has 2 atom stereocenters. The van der Waals surface area contributed by atoms with E-state index >= 15 is 0 Å². The van der Waals surface area contributed by atoms with Gasteiger partial charge in [-0.05, 0) is 50.1 Å². The Bertz CT molecular complexity index is 387. The summed E-state index contributed by atoms with van der Waals surface area (Å²) in [4.78, 5) is 0. The summed E-state index contributed by atoms with van der Waals surface area (Å²) in [5.74, 6) is 1.25. The number of ether oxygens (including phenoxy) is 1. The maximum Gasteiger partial charge on any atom is 0.0491 e. The zero-order chi connectivity index (χ0) is 13.7. The van der Waals surface area contributed by atoms with Gasteiger partial charge in [-0.2, -0.15) is 0 Å². The highest BCUT2D eigenvalue weighted by Gasteiger charge is 2.24. The second kappa shape index (κ2) is 7.06. The number of hydrogen-bond acceptors (Lipinski definition) is 2. The predicted molar refractivity (Wildman–Crippen MR) is 80.4 cm³/mol. The molecule has 0 spiro atoms. The van der Waals surface area contributed by atoms with Gasteiger partial charge < -0.3 is 10.1 Å². The van der Waals surface area contributed by atoms with Crippen molar-refractivity contribution in [1.82, 2.24) is 5.32 Å². The molecule has 1 saturated carbocycles. The number of hydrogen-bond donors (Lipinski definition) is 1. The van der Waals surface area contributed by atoms with Gasteiger partial charge in [0.2, 0.25) is 0 Å². The van der Waals surface area contributed by atoms with E-state index < -0.39 is 0 Å². The molecule has 19 heavy (non-hydrogen) atoms. The first-order chi connectivity index (χ1) is 9.19. The second-order valence-electron chi connectivity index (χ2n) is 6.07. The fraction of sp³-hybridized carbons (Fsp3) is 0.647. The Morgan fingerprint density at radius 2 is 2.16 bits per heavy atom. The van der Waals surface area contributed by atoms with Crippen LogP contribution in [0.5, 0.6) is 0 Å². The fourth-order valence-corrected chi connectivity index (χ4v) is 2.62. The van der Waals surface area contributed by atoms with Crippen molar-refractivity contribution < 1.29 is 4.74 Å². The molecule has 0 aliphatic heterocycles. The van der Waals surface area contributed by atoms with E-state index in [9.17, 15) is 0 Å². The molecular weight excluding hydrogens is 234 g/mol. The minimum absolute atomic E-state index is 0.594. The zero-order valence-corrected chi connectivity index (χ0v) is 12.5. The molecule has 1 aliphatic rings. The van der Waals surface area contributed by atoms with Crippen molar-refractivity contribution in [1.29, 1.82) is 0 Å². The van der Waals surface area contributed by atoms with Crippen molar-refractivity contribution in [3.8, 4) is 0 Å². The monoisotopic (exact) mass is 261 g/mol. The SMILES string of the molecule is COCC(C)C(CNC1CC1)Cc1cccc(C)c1. The number of nitrogens with one attached hydrogen (secondary N) is 1.